The minimum Gasteiger partial charge on any atom is -0.444 e. The lowest BCUT2D eigenvalue weighted by molar-refractivity contribution is -0.0160. The van der Waals surface area contributed by atoms with Gasteiger partial charge in [0.2, 0.25) is 5.95 Å². The second kappa shape index (κ2) is 23.0. The zero-order chi connectivity index (χ0) is 37.1. The molecule has 1 fully saturated rings. The van der Waals surface area contributed by atoms with Gasteiger partial charge in [-0.3, -0.25) is 0 Å². The molecule has 286 valence electrons. The van der Waals surface area contributed by atoms with Crippen LogP contribution in [0.1, 0.15) is 20.8 Å². The predicted octanol–water partition coefficient (Wildman–Crippen LogP) is 5.09. The van der Waals surface area contributed by atoms with Gasteiger partial charge in [0.05, 0.1) is 88.8 Å². The number of nitrogens with zero attached hydrogens (tertiary/aromatic N) is 8. The van der Waals surface area contributed by atoms with Crippen molar-refractivity contribution in [3.8, 4) is 0 Å². The first-order valence-electron chi connectivity index (χ1n) is 16.8. The summed E-state index contributed by atoms with van der Waals surface area (Å²) in [6, 6.07) is 1.65. The highest BCUT2D eigenvalue weighted by Gasteiger charge is 2.28. The van der Waals surface area contributed by atoms with Crippen molar-refractivity contribution in [3.63, 3.8) is 0 Å². The molecule has 1 saturated heterocycles. The standard InChI is InChI=1S/C32H49BrClFN8O8/c1-32(2,3)51-31(44)43-8-6-42(7-9-43)29-24-23-25(34)26(33)27(35)28(24)38-30(39-29)41(4)10-12-46-14-16-48-18-20-50-22-21-49-19-17-47-15-13-45-11-5-37-40-36/h23H,5-22H2,1-4H3. The van der Waals surface area contributed by atoms with Crippen LogP contribution in [0.2, 0.25) is 5.02 Å². The van der Waals surface area contributed by atoms with E-state index in [4.69, 9.17) is 55.3 Å². The fourth-order valence-corrected chi connectivity index (χ4v) is 5.13. The Balaban J connectivity index is 1.34. The van der Waals surface area contributed by atoms with Crippen LogP contribution in [0.25, 0.3) is 21.3 Å². The molecule has 0 unspecified atom stereocenters. The number of ether oxygens (including phenoxy) is 7. The largest absolute Gasteiger partial charge is 0.444 e. The van der Waals surface area contributed by atoms with Crippen LogP contribution in [0.15, 0.2) is 15.7 Å². The Kier molecular flexibility index (Phi) is 19.2. The Morgan fingerprint density at radius 1 is 0.922 bits per heavy atom. The molecule has 1 amide bonds. The van der Waals surface area contributed by atoms with E-state index in [9.17, 15) is 4.79 Å². The Morgan fingerprint density at radius 3 is 1.94 bits per heavy atom. The van der Waals surface area contributed by atoms with Gasteiger partial charge in [-0.15, -0.1) is 0 Å². The van der Waals surface area contributed by atoms with Gasteiger partial charge in [0.15, 0.2) is 5.82 Å². The molecule has 1 aromatic carbocycles. The van der Waals surface area contributed by atoms with Crippen molar-refractivity contribution in [1.29, 1.82) is 0 Å². The molecule has 0 atom stereocenters. The summed E-state index contributed by atoms with van der Waals surface area (Å²) in [5, 5.41) is 4.08. The summed E-state index contributed by atoms with van der Waals surface area (Å²) in [4.78, 5) is 30.1. The number of hydrogen-bond donors (Lipinski definition) is 0. The number of azide groups is 1. The number of anilines is 2. The van der Waals surface area contributed by atoms with Crippen molar-refractivity contribution in [3.05, 3.63) is 31.8 Å². The third kappa shape index (κ3) is 15.4. The van der Waals surface area contributed by atoms with Gasteiger partial charge in [0.1, 0.15) is 16.9 Å². The number of fused-ring (bicyclic) bond motifs is 1. The molecule has 0 N–H and O–H groups in total. The smallest absolute Gasteiger partial charge is 0.410 e. The molecule has 0 radical (unpaired) electrons. The Bertz CT molecular complexity index is 1410. The second-order valence-electron chi connectivity index (χ2n) is 12.2. The molecular weight excluding hydrogens is 759 g/mol. The summed E-state index contributed by atoms with van der Waals surface area (Å²) in [7, 11) is 1.82. The lowest BCUT2D eigenvalue weighted by atomic mass is 10.2. The van der Waals surface area contributed by atoms with Crippen molar-refractivity contribution >= 4 is 56.3 Å². The van der Waals surface area contributed by atoms with Gasteiger partial charge >= 0.3 is 6.09 Å². The van der Waals surface area contributed by atoms with Crippen LogP contribution in [-0.2, 0) is 33.2 Å². The topological polar surface area (TPSA) is 166 Å². The van der Waals surface area contributed by atoms with Crippen LogP contribution in [0.4, 0.5) is 21.0 Å². The van der Waals surface area contributed by atoms with Crippen LogP contribution in [0.3, 0.4) is 0 Å². The maximum atomic E-state index is 15.4. The van der Waals surface area contributed by atoms with Crippen LogP contribution in [0, 0.1) is 5.82 Å². The number of piperazine rings is 1. The van der Waals surface area contributed by atoms with E-state index in [0.717, 1.165) is 0 Å². The number of amides is 1. The minimum absolute atomic E-state index is 0.132. The maximum absolute atomic E-state index is 15.4. The molecule has 2 aromatic rings. The number of rotatable bonds is 23. The molecule has 51 heavy (non-hydrogen) atoms. The van der Waals surface area contributed by atoms with Gasteiger partial charge in [0.25, 0.3) is 0 Å². The third-order valence-electron chi connectivity index (χ3n) is 7.20. The van der Waals surface area contributed by atoms with E-state index < -0.39 is 11.4 Å². The van der Waals surface area contributed by atoms with Gasteiger partial charge in [-0.2, -0.15) is 4.98 Å². The third-order valence-corrected chi connectivity index (χ3v) is 8.50. The van der Waals surface area contributed by atoms with Gasteiger partial charge in [0, 0.05) is 56.6 Å². The van der Waals surface area contributed by atoms with Crippen molar-refractivity contribution < 1.29 is 42.3 Å². The number of aromatic nitrogens is 2. The van der Waals surface area contributed by atoms with Gasteiger partial charge in [-0.05, 0) is 48.3 Å². The summed E-state index contributed by atoms with van der Waals surface area (Å²) in [5.74, 6) is 0.297. The van der Waals surface area contributed by atoms with Crippen molar-refractivity contribution in [2.24, 2.45) is 5.11 Å². The number of likely N-dealkylation sites (N-methyl/N-ethyl adjacent to an activating group) is 1. The normalized spacial score (nSPS) is 13.5. The molecular formula is C32H49BrClFN8O8. The first kappa shape index (κ1) is 42.6. The van der Waals surface area contributed by atoms with E-state index in [1.54, 1.807) is 15.9 Å². The fraction of sp³-hybridized carbons (Fsp3) is 0.719. The molecule has 0 aliphatic carbocycles. The molecule has 0 spiro atoms. The molecule has 16 nitrogen and oxygen atoms in total. The number of carbonyl (C=O) groups is 1. The van der Waals surface area contributed by atoms with E-state index in [1.165, 1.54) is 0 Å². The zero-order valence-corrected chi connectivity index (χ0v) is 32.1. The molecule has 1 aliphatic rings. The number of halogens is 3. The number of benzene rings is 1. The number of carbonyl (C=O) groups excluding carboxylic acids is 1. The van der Waals surface area contributed by atoms with E-state index in [0.29, 0.717) is 136 Å². The average Bonchev–Trinajstić information content (AvgIpc) is 3.10. The molecule has 0 saturated carbocycles. The fourth-order valence-electron chi connectivity index (χ4n) is 4.64. The first-order valence-corrected chi connectivity index (χ1v) is 18.0. The van der Waals surface area contributed by atoms with E-state index >= 15 is 4.39 Å². The van der Waals surface area contributed by atoms with E-state index in [2.05, 4.69) is 30.9 Å². The summed E-state index contributed by atoms with van der Waals surface area (Å²) >= 11 is 9.57. The quantitative estimate of drug-likeness (QED) is 0.0481. The molecule has 2 heterocycles. The van der Waals surface area contributed by atoms with Crippen LogP contribution >= 0.6 is 27.5 Å². The lowest BCUT2D eigenvalue weighted by Crippen LogP contribution is -2.50. The highest BCUT2D eigenvalue weighted by Crippen LogP contribution is 2.36. The van der Waals surface area contributed by atoms with Crippen LogP contribution in [0.5, 0.6) is 0 Å². The molecule has 0 bridgehead atoms. The highest BCUT2D eigenvalue weighted by molar-refractivity contribution is 9.10. The van der Waals surface area contributed by atoms with Gasteiger partial charge < -0.3 is 47.9 Å². The van der Waals surface area contributed by atoms with Crippen LogP contribution in [-0.4, -0.2) is 152 Å². The molecule has 3 rings (SSSR count). The van der Waals surface area contributed by atoms with E-state index in [-0.39, 0.29) is 21.1 Å². The minimum atomic E-state index is -0.590. The average molecular weight is 808 g/mol. The number of hydrogen-bond acceptors (Lipinski definition) is 13. The summed E-state index contributed by atoms with van der Waals surface area (Å²) in [5.41, 5.74) is 7.73. The molecule has 1 aliphatic heterocycles. The second-order valence-corrected chi connectivity index (χ2v) is 13.4. The Morgan fingerprint density at radius 2 is 1.43 bits per heavy atom. The lowest BCUT2D eigenvalue weighted by Gasteiger charge is -2.36. The molecule has 19 heteroatoms. The SMILES string of the molecule is CN(CCOCCOCCOCCOCCOCCOCCN=[N+]=[N-])c1nc(N2CCN(C(=O)OC(C)(C)C)CC2)c2cc(Cl)c(Br)c(F)c2n1. The summed E-state index contributed by atoms with van der Waals surface area (Å²) in [6.07, 6.45) is -0.368. The predicted molar refractivity (Wildman–Crippen MR) is 194 cm³/mol. The molecule has 1 aromatic heterocycles. The Labute approximate surface area is 311 Å². The van der Waals surface area contributed by atoms with Crippen molar-refractivity contribution in [1.82, 2.24) is 14.9 Å². The monoisotopic (exact) mass is 806 g/mol. The van der Waals surface area contributed by atoms with Crippen molar-refractivity contribution in [2.45, 2.75) is 26.4 Å². The summed E-state index contributed by atoms with van der Waals surface area (Å²) in [6.45, 7) is 13.2. The summed E-state index contributed by atoms with van der Waals surface area (Å²) < 4.78 is 54.0. The van der Waals surface area contributed by atoms with Gasteiger partial charge in [-0.1, -0.05) is 16.7 Å². The van der Waals surface area contributed by atoms with E-state index in [1.807, 2.05) is 32.7 Å². The highest BCUT2D eigenvalue weighted by atomic mass is 79.9. The van der Waals surface area contributed by atoms with Gasteiger partial charge in [-0.25, -0.2) is 14.2 Å². The first-order chi connectivity index (χ1) is 24.5. The zero-order valence-electron chi connectivity index (χ0n) is 29.8. The van der Waals surface area contributed by atoms with Crippen LogP contribution < -0.4 is 9.80 Å². The maximum Gasteiger partial charge on any atom is 0.410 e. The van der Waals surface area contributed by atoms with Crippen molar-refractivity contribution in [2.75, 3.05) is 135 Å². The Hall–Kier alpha value is -2.80.